The zero-order chi connectivity index (χ0) is 18.2. The minimum atomic E-state index is -0.364. The molecule has 1 N–H and O–H groups in total. The molecular formula is C23H28N2O. The summed E-state index contributed by atoms with van der Waals surface area (Å²) in [4.78, 5) is 0. The van der Waals surface area contributed by atoms with E-state index in [-0.39, 0.29) is 5.41 Å². The average molecular weight is 348 g/mol. The quantitative estimate of drug-likeness (QED) is 0.743. The van der Waals surface area contributed by atoms with Gasteiger partial charge < -0.3 is 10.1 Å². The molecule has 0 atom stereocenters. The number of aryl methyl sites for hydroxylation is 1. The number of hydrogen-bond acceptors (Lipinski definition) is 3. The fourth-order valence-corrected chi connectivity index (χ4v) is 3.94. The molecule has 0 aliphatic heterocycles. The molecule has 3 heteroatoms. The van der Waals surface area contributed by atoms with E-state index in [2.05, 4.69) is 47.8 Å². The first-order valence-electron chi connectivity index (χ1n) is 9.59. The molecule has 1 aliphatic carbocycles. The van der Waals surface area contributed by atoms with Gasteiger partial charge in [-0.3, -0.25) is 0 Å². The monoisotopic (exact) mass is 348 g/mol. The molecule has 0 radical (unpaired) electrons. The standard InChI is InChI=1S/C23H28N2O/c1-26-22-11-5-10-20(17-22)23(18-24)14-12-21(13-15-23)25-16-6-9-19-7-3-2-4-8-19/h2-5,7-8,10-11,17,21,25H,6,9,12-16H2,1H3/t21-,23-. The lowest BCUT2D eigenvalue weighted by atomic mass is 9.69. The van der Waals surface area contributed by atoms with E-state index >= 15 is 0 Å². The maximum Gasteiger partial charge on any atom is 0.119 e. The number of rotatable bonds is 7. The summed E-state index contributed by atoms with van der Waals surface area (Å²) in [5.41, 5.74) is 2.14. The molecule has 3 rings (SSSR count). The van der Waals surface area contributed by atoms with Crippen LogP contribution in [-0.4, -0.2) is 19.7 Å². The second-order valence-electron chi connectivity index (χ2n) is 7.24. The fraction of sp³-hybridized carbons (Fsp3) is 0.435. The molecule has 2 aromatic rings. The van der Waals surface area contributed by atoms with Crippen molar-refractivity contribution in [1.82, 2.24) is 5.32 Å². The first-order chi connectivity index (χ1) is 12.8. The lowest BCUT2D eigenvalue weighted by molar-refractivity contribution is 0.294. The van der Waals surface area contributed by atoms with Gasteiger partial charge in [0.2, 0.25) is 0 Å². The van der Waals surface area contributed by atoms with Gasteiger partial charge in [0.05, 0.1) is 18.6 Å². The van der Waals surface area contributed by atoms with Gasteiger partial charge in [-0.15, -0.1) is 0 Å². The van der Waals surface area contributed by atoms with Crippen molar-refractivity contribution in [3.8, 4) is 11.8 Å². The highest BCUT2D eigenvalue weighted by atomic mass is 16.5. The van der Waals surface area contributed by atoms with Gasteiger partial charge in [-0.1, -0.05) is 42.5 Å². The Morgan fingerprint density at radius 2 is 1.88 bits per heavy atom. The number of benzene rings is 2. The largest absolute Gasteiger partial charge is 0.497 e. The zero-order valence-electron chi connectivity index (χ0n) is 15.6. The van der Waals surface area contributed by atoms with E-state index in [1.54, 1.807) is 7.11 Å². The van der Waals surface area contributed by atoms with Crippen molar-refractivity contribution in [2.24, 2.45) is 0 Å². The third-order valence-corrected chi connectivity index (χ3v) is 5.59. The summed E-state index contributed by atoms with van der Waals surface area (Å²) < 4.78 is 5.34. The van der Waals surface area contributed by atoms with Crippen molar-refractivity contribution in [1.29, 1.82) is 5.26 Å². The average Bonchev–Trinajstić information content (AvgIpc) is 2.72. The molecule has 3 nitrogen and oxygen atoms in total. The molecule has 0 amide bonds. The van der Waals surface area contributed by atoms with Crippen LogP contribution in [0.4, 0.5) is 0 Å². The SMILES string of the molecule is COc1cccc([C@]2(C#N)CC[C@@H](NCCCc3ccccc3)CC2)c1. The fourth-order valence-electron chi connectivity index (χ4n) is 3.94. The van der Waals surface area contributed by atoms with Crippen molar-refractivity contribution in [3.63, 3.8) is 0 Å². The number of methoxy groups -OCH3 is 1. The van der Waals surface area contributed by atoms with Gasteiger partial charge in [-0.05, 0) is 68.3 Å². The number of ether oxygens (including phenoxy) is 1. The van der Waals surface area contributed by atoms with E-state index in [0.29, 0.717) is 6.04 Å². The van der Waals surface area contributed by atoms with Crippen molar-refractivity contribution in [3.05, 3.63) is 65.7 Å². The highest BCUT2D eigenvalue weighted by molar-refractivity contribution is 5.38. The van der Waals surface area contributed by atoms with E-state index in [9.17, 15) is 5.26 Å². The maximum atomic E-state index is 9.87. The summed E-state index contributed by atoms with van der Waals surface area (Å²) >= 11 is 0. The number of nitriles is 1. The van der Waals surface area contributed by atoms with Crippen LogP contribution in [0, 0.1) is 11.3 Å². The van der Waals surface area contributed by atoms with E-state index in [1.807, 2.05) is 18.2 Å². The minimum absolute atomic E-state index is 0.364. The molecule has 1 aliphatic rings. The Bertz CT molecular complexity index is 727. The molecule has 26 heavy (non-hydrogen) atoms. The van der Waals surface area contributed by atoms with Crippen LogP contribution in [0.2, 0.25) is 0 Å². The molecule has 1 fully saturated rings. The predicted molar refractivity (Wildman–Crippen MR) is 105 cm³/mol. The number of nitrogens with one attached hydrogen (secondary N) is 1. The summed E-state index contributed by atoms with van der Waals surface area (Å²) in [5, 5.41) is 13.6. The first kappa shape index (κ1) is 18.5. The van der Waals surface area contributed by atoms with Crippen LogP contribution in [0.3, 0.4) is 0 Å². The van der Waals surface area contributed by atoms with Crippen LogP contribution in [-0.2, 0) is 11.8 Å². The molecule has 0 saturated heterocycles. The van der Waals surface area contributed by atoms with Crippen LogP contribution in [0.25, 0.3) is 0 Å². The summed E-state index contributed by atoms with van der Waals surface area (Å²) in [5.74, 6) is 0.832. The molecule has 136 valence electrons. The predicted octanol–water partition coefficient (Wildman–Crippen LogP) is 4.62. The van der Waals surface area contributed by atoms with Crippen LogP contribution in [0.15, 0.2) is 54.6 Å². The lowest BCUT2D eigenvalue weighted by Gasteiger charge is -2.36. The van der Waals surface area contributed by atoms with Crippen molar-refractivity contribution in [2.45, 2.75) is 50.0 Å². The third kappa shape index (κ3) is 4.45. The number of nitrogens with zero attached hydrogens (tertiary/aromatic N) is 1. The molecule has 0 aromatic heterocycles. The molecule has 1 saturated carbocycles. The van der Waals surface area contributed by atoms with Gasteiger partial charge in [-0.25, -0.2) is 0 Å². The summed E-state index contributed by atoms with van der Waals surface area (Å²) in [6.45, 7) is 1.04. The molecule has 0 heterocycles. The van der Waals surface area contributed by atoms with Gasteiger partial charge in [0.25, 0.3) is 0 Å². The van der Waals surface area contributed by atoms with Crippen LogP contribution < -0.4 is 10.1 Å². The van der Waals surface area contributed by atoms with Gasteiger partial charge in [0.1, 0.15) is 5.75 Å². The van der Waals surface area contributed by atoms with Crippen LogP contribution >= 0.6 is 0 Å². The van der Waals surface area contributed by atoms with Gasteiger partial charge >= 0.3 is 0 Å². The zero-order valence-corrected chi connectivity index (χ0v) is 15.6. The Kier molecular flexibility index (Phi) is 6.30. The Balaban J connectivity index is 1.48. The molecule has 0 bridgehead atoms. The summed E-state index contributed by atoms with van der Waals surface area (Å²) in [7, 11) is 1.68. The van der Waals surface area contributed by atoms with E-state index in [0.717, 1.165) is 56.4 Å². The Hall–Kier alpha value is -2.31. The summed E-state index contributed by atoms with van der Waals surface area (Å²) in [6.07, 6.45) is 6.19. The third-order valence-electron chi connectivity index (χ3n) is 5.59. The molecular weight excluding hydrogens is 320 g/mol. The van der Waals surface area contributed by atoms with Crippen LogP contribution in [0.5, 0.6) is 5.75 Å². The second kappa shape index (κ2) is 8.87. The smallest absolute Gasteiger partial charge is 0.119 e. The Morgan fingerprint density at radius 1 is 1.12 bits per heavy atom. The minimum Gasteiger partial charge on any atom is -0.497 e. The van der Waals surface area contributed by atoms with E-state index in [4.69, 9.17) is 4.74 Å². The van der Waals surface area contributed by atoms with Gasteiger partial charge in [0.15, 0.2) is 0 Å². The van der Waals surface area contributed by atoms with Gasteiger partial charge in [0, 0.05) is 6.04 Å². The normalized spacial score (nSPS) is 22.5. The Labute approximate surface area is 157 Å². The van der Waals surface area contributed by atoms with Crippen molar-refractivity contribution in [2.75, 3.05) is 13.7 Å². The topological polar surface area (TPSA) is 45.0 Å². The van der Waals surface area contributed by atoms with Crippen LogP contribution in [0.1, 0.15) is 43.2 Å². The second-order valence-corrected chi connectivity index (χ2v) is 7.24. The Morgan fingerprint density at radius 3 is 2.58 bits per heavy atom. The van der Waals surface area contributed by atoms with E-state index in [1.165, 1.54) is 5.56 Å². The van der Waals surface area contributed by atoms with E-state index < -0.39 is 0 Å². The first-order valence-corrected chi connectivity index (χ1v) is 9.59. The van der Waals surface area contributed by atoms with Gasteiger partial charge in [-0.2, -0.15) is 5.26 Å². The lowest BCUT2D eigenvalue weighted by Crippen LogP contribution is -2.39. The number of hydrogen-bond donors (Lipinski definition) is 1. The molecule has 0 unspecified atom stereocenters. The van der Waals surface area contributed by atoms with Crippen molar-refractivity contribution < 1.29 is 4.74 Å². The summed E-state index contributed by atoms with van der Waals surface area (Å²) in [6, 6.07) is 21.8. The highest BCUT2D eigenvalue weighted by Crippen LogP contribution is 2.40. The molecule has 0 spiro atoms. The highest BCUT2D eigenvalue weighted by Gasteiger charge is 2.37. The maximum absolute atomic E-state index is 9.87. The van der Waals surface area contributed by atoms with Crippen molar-refractivity contribution >= 4 is 0 Å². The molecule has 2 aromatic carbocycles.